The van der Waals surface area contributed by atoms with Crippen LogP contribution in [0.1, 0.15) is 15.9 Å². The van der Waals surface area contributed by atoms with Crippen molar-refractivity contribution in [1.82, 2.24) is 15.1 Å². The number of rotatable bonds is 3. The van der Waals surface area contributed by atoms with Gasteiger partial charge in [0.05, 0.1) is 18.0 Å². The highest BCUT2D eigenvalue weighted by Gasteiger charge is 2.11. The van der Waals surface area contributed by atoms with E-state index in [-0.39, 0.29) is 5.91 Å². The third kappa shape index (κ3) is 3.13. The second-order valence-electron chi connectivity index (χ2n) is 3.92. The Balaban J connectivity index is 2.06. The maximum absolute atomic E-state index is 12.1. The van der Waals surface area contributed by atoms with E-state index < -0.39 is 0 Å². The minimum atomic E-state index is -0.0622. The molecule has 1 aromatic carbocycles. The molecule has 0 aliphatic rings. The Bertz CT molecular complexity index is 528. The average Bonchev–Trinajstić information content (AvgIpc) is 2.41. The van der Waals surface area contributed by atoms with Gasteiger partial charge >= 0.3 is 0 Å². The summed E-state index contributed by atoms with van der Waals surface area (Å²) in [7, 11) is 1.77. The lowest BCUT2D eigenvalue weighted by molar-refractivity contribution is 0.0784. The molecule has 2 rings (SSSR count). The number of hydrogen-bond acceptors (Lipinski definition) is 3. The van der Waals surface area contributed by atoms with Gasteiger partial charge in [0.25, 0.3) is 5.91 Å². The molecule has 0 saturated heterocycles. The molecule has 0 bridgehead atoms. The summed E-state index contributed by atoms with van der Waals surface area (Å²) < 4.78 is 1.03. The smallest absolute Gasteiger partial charge is 0.255 e. The van der Waals surface area contributed by atoms with Gasteiger partial charge in [0.15, 0.2) is 0 Å². The first-order chi connectivity index (χ1) is 8.66. The van der Waals surface area contributed by atoms with Crippen molar-refractivity contribution >= 4 is 21.8 Å². The molecule has 0 N–H and O–H groups in total. The number of halogens is 1. The van der Waals surface area contributed by atoms with Crippen LogP contribution in [-0.2, 0) is 6.54 Å². The second-order valence-corrected chi connectivity index (χ2v) is 4.83. The van der Waals surface area contributed by atoms with E-state index in [9.17, 15) is 4.79 Å². The zero-order valence-corrected chi connectivity index (χ0v) is 11.5. The van der Waals surface area contributed by atoms with Gasteiger partial charge in [-0.05, 0) is 23.8 Å². The lowest BCUT2D eigenvalue weighted by Crippen LogP contribution is -2.26. The predicted molar refractivity (Wildman–Crippen MR) is 72.0 cm³/mol. The van der Waals surface area contributed by atoms with Gasteiger partial charge in [-0.25, -0.2) is 0 Å². The van der Waals surface area contributed by atoms with E-state index in [1.54, 1.807) is 18.0 Å². The van der Waals surface area contributed by atoms with Gasteiger partial charge in [-0.1, -0.05) is 28.1 Å². The molecule has 92 valence electrons. The molecule has 0 aliphatic carbocycles. The molecular weight excluding hydrogens is 294 g/mol. The molecule has 1 aromatic heterocycles. The van der Waals surface area contributed by atoms with Gasteiger partial charge in [0, 0.05) is 18.1 Å². The molecule has 18 heavy (non-hydrogen) atoms. The van der Waals surface area contributed by atoms with Crippen molar-refractivity contribution in [3.63, 3.8) is 0 Å². The van der Waals surface area contributed by atoms with Crippen LogP contribution in [0, 0.1) is 0 Å². The average molecular weight is 306 g/mol. The van der Waals surface area contributed by atoms with Gasteiger partial charge in [-0.3, -0.25) is 4.79 Å². The first kappa shape index (κ1) is 12.7. The van der Waals surface area contributed by atoms with Gasteiger partial charge in [0.1, 0.15) is 0 Å². The van der Waals surface area contributed by atoms with Crippen molar-refractivity contribution < 1.29 is 4.79 Å². The maximum atomic E-state index is 12.1. The molecule has 5 heteroatoms. The van der Waals surface area contributed by atoms with Crippen molar-refractivity contribution in [3.8, 4) is 0 Å². The zero-order valence-electron chi connectivity index (χ0n) is 9.88. The Kier molecular flexibility index (Phi) is 4.04. The van der Waals surface area contributed by atoms with Crippen LogP contribution in [0.4, 0.5) is 0 Å². The predicted octanol–water partition coefficient (Wildman–Crippen LogP) is 2.51. The van der Waals surface area contributed by atoms with E-state index in [4.69, 9.17) is 0 Å². The van der Waals surface area contributed by atoms with Gasteiger partial charge in [-0.2, -0.15) is 10.2 Å². The second kappa shape index (κ2) is 5.73. The molecule has 0 spiro atoms. The maximum Gasteiger partial charge on any atom is 0.255 e. The molecule has 0 saturated carbocycles. The van der Waals surface area contributed by atoms with Crippen molar-refractivity contribution in [1.29, 1.82) is 0 Å². The molecular formula is C13H12BrN3O. The van der Waals surface area contributed by atoms with E-state index in [0.29, 0.717) is 12.1 Å². The fourth-order valence-corrected chi connectivity index (χ4v) is 1.84. The van der Waals surface area contributed by atoms with E-state index in [0.717, 1.165) is 10.0 Å². The summed E-state index contributed by atoms with van der Waals surface area (Å²) in [6.07, 6.45) is 2.99. The lowest BCUT2D eigenvalue weighted by atomic mass is 10.2. The van der Waals surface area contributed by atoms with Gasteiger partial charge in [0.2, 0.25) is 0 Å². The van der Waals surface area contributed by atoms with Crippen molar-refractivity contribution in [2.45, 2.75) is 6.54 Å². The van der Waals surface area contributed by atoms with Crippen LogP contribution in [0.2, 0.25) is 0 Å². The van der Waals surface area contributed by atoms with Crippen molar-refractivity contribution in [2.24, 2.45) is 0 Å². The topological polar surface area (TPSA) is 46.1 Å². The summed E-state index contributed by atoms with van der Waals surface area (Å²) in [5.41, 5.74) is 1.63. The third-order valence-electron chi connectivity index (χ3n) is 2.51. The van der Waals surface area contributed by atoms with Crippen LogP contribution in [-0.4, -0.2) is 28.1 Å². The fraction of sp³-hybridized carbons (Fsp3) is 0.154. The monoisotopic (exact) mass is 305 g/mol. The highest BCUT2D eigenvalue weighted by molar-refractivity contribution is 9.10. The number of benzene rings is 1. The zero-order chi connectivity index (χ0) is 13.0. The van der Waals surface area contributed by atoms with Crippen LogP contribution in [0.25, 0.3) is 0 Å². The summed E-state index contributed by atoms with van der Waals surface area (Å²) in [4.78, 5) is 13.7. The molecule has 0 atom stereocenters. The molecule has 0 unspecified atom stereocenters. The van der Waals surface area contributed by atoms with Gasteiger partial charge < -0.3 is 4.90 Å². The summed E-state index contributed by atoms with van der Waals surface area (Å²) in [5, 5.41) is 7.36. The van der Waals surface area contributed by atoms with Crippen LogP contribution >= 0.6 is 15.9 Å². The van der Waals surface area contributed by atoms with Crippen LogP contribution < -0.4 is 0 Å². The fourth-order valence-electron chi connectivity index (χ4n) is 1.57. The Morgan fingerprint density at radius 1 is 1.22 bits per heavy atom. The van der Waals surface area contributed by atoms with Crippen molar-refractivity contribution in [2.75, 3.05) is 7.05 Å². The highest BCUT2D eigenvalue weighted by Crippen LogP contribution is 2.12. The van der Waals surface area contributed by atoms with Gasteiger partial charge in [-0.15, -0.1) is 0 Å². The minimum absolute atomic E-state index is 0.0622. The molecule has 0 fully saturated rings. The number of hydrogen-bond donors (Lipinski definition) is 0. The number of amides is 1. The molecule has 1 amide bonds. The molecule has 2 aromatic rings. The summed E-state index contributed by atoms with van der Waals surface area (Å²) in [6.45, 7) is 0.564. The number of aromatic nitrogens is 2. The summed E-state index contributed by atoms with van der Waals surface area (Å²) in [5.74, 6) is -0.0622. The first-order valence-corrected chi connectivity index (χ1v) is 6.23. The van der Waals surface area contributed by atoms with E-state index >= 15 is 0 Å². The highest BCUT2D eigenvalue weighted by atomic mass is 79.9. The third-order valence-corrected chi connectivity index (χ3v) is 3.04. The Morgan fingerprint density at radius 3 is 2.56 bits per heavy atom. The number of carbonyl (C=O) groups excluding carboxylic acids is 1. The first-order valence-electron chi connectivity index (χ1n) is 5.43. The standard InChI is InChI=1S/C13H12BrN3O/c1-17(9-10-2-4-12(14)5-3-10)13(18)11-6-7-15-16-8-11/h2-8H,9H2,1H3. The number of nitrogens with zero attached hydrogens (tertiary/aromatic N) is 3. The normalized spacial score (nSPS) is 10.1. The van der Waals surface area contributed by atoms with E-state index in [2.05, 4.69) is 26.1 Å². The van der Waals surface area contributed by atoms with Crippen LogP contribution in [0.15, 0.2) is 47.2 Å². The lowest BCUT2D eigenvalue weighted by Gasteiger charge is -2.17. The van der Waals surface area contributed by atoms with Crippen LogP contribution in [0.5, 0.6) is 0 Å². The summed E-state index contributed by atoms with van der Waals surface area (Å²) >= 11 is 3.38. The molecule has 0 radical (unpaired) electrons. The minimum Gasteiger partial charge on any atom is -0.337 e. The Hall–Kier alpha value is -1.75. The summed E-state index contributed by atoms with van der Waals surface area (Å²) in [6, 6.07) is 9.55. The Morgan fingerprint density at radius 2 is 1.94 bits per heavy atom. The quantitative estimate of drug-likeness (QED) is 0.875. The SMILES string of the molecule is CN(Cc1ccc(Br)cc1)C(=O)c1ccnnc1. The molecule has 0 aliphatic heterocycles. The molecule has 1 heterocycles. The van der Waals surface area contributed by atoms with Crippen LogP contribution in [0.3, 0.4) is 0 Å². The largest absolute Gasteiger partial charge is 0.337 e. The Labute approximate surface area is 114 Å². The number of carbonyl (C=O) groups is 1. The van der Waals surface area contributed by atoms with Crippen molar-refractivity contribution in [3.05, 3.63) is 58.3 Å². The molecule has 4 nitrogen and oxygen atoms in total. The van der Waals surface area contributed by atoms with E-state index in [1.807, 2.05) is 24.3 Å². The van der Waals surface area contributed by atoms with E-state index in [1.165, 1.54) is 12.4 Å².